The Bertz CT molecular complexity index is 270. The molecular weight excluding hydrogens is 196 g/mol. The Balaban J connectivity index is 2.53. The van der Waals surface area contributed by atoms with Crippen molar-refractivity contribution in [3.63, 3.8) is 0 Å². The molecular formula is C8H9ClO2S. The van der Waals surface area contributed by atoms with Gasteiger partial charge in [-0.2, -0.15) is 0 Å². The van der Waals surface area contributed by atoms with E-state index < -0.39 is 0 Å². The van der Waals surface area contributed by atoms with E-state index in [2.05, 4.69) is 0 Å². The number of halogens is 1. The average molecular weight is 205 g/mol. The first kappa shape index (κ1) is 9.55. The lowest BCUT2D eigenvalue weighted by Gasteiger charge is -1.98. The summed E-state index contributed by atoms with van der Waals surface area (Å²) in [6.07, 6.45) is 0.838. The van der Waals surface area contributed by atoms with E-state index in [9.17, 15) is 4.79 Å². The number of carbonyl (C=O) groups excluding carboxylic acids is 1. The summed E-state index contributed by atoms with van der Waals surface area (Å²) in [6, 6.07) is 1.62. The van der Waals surface area contributed by atoms with Gasteiger partial charge in [0.15, 0.2) is 0 Å². The molecule has 0 N–H and O–H groups in total. The number of ether oxygens (including phenoxy) is 1. The third-order valence-corrected chi connectivity index (χ3v) is 2.46. The van der Waals surface area contributed by atoms with E-state index in [1.807, 2.05) is 6.92 Å². The Labute approximate surface area is 80.1 Å². The summed E-state index contributed by atoms with van der Waals surface area (Å²) >= 11 is 6.94. The Morgan fingerprint density at radius 3 is 3.00 bits per heavy atom. The number of carbonyl (C=O) groups is 1. The van der Waals surface area contributed by atoms with E-state index in [1.165, 1.54) is 11.3 Å². The Morgan fingerprint density at radius 2 is 2.50 bits per heavy atom. The quantitative estimate of drug-likeness (QED) is 0.708. The van der Waals surface area contributed by atoms with Gasteiger partial charge >= 0.3 is 5.97 Å². The van der Waals surface area contributed by atoms with E-state index in [4.69, 9.17) is 16.3 Å². The van der Waals surface area contributed by atoms with Gasteiger partial charge in [-0.05, 0) is 12.5 Å². The van der Waals surface area contributed by atoms with Gasteiger partial charge in [-0.1, -0.05) is 18.5 Å². The molecule has 0 fully saturated rings. The van der Waals surface area contributed by atoms with Crippen LogP contribution in [0.1, 0.15) is 23.0 Å². The summed E-state index contributed by atoms with van der Waals surface area (Å²) in [5, 5.41) is 2.30. The highest BCUT2D eigenvalue weighted by Gasteiger charge is 2.08. The lowest BCUT2D eigenvalue weighted by Crippen LogP contribution is -2.03. The molecule has 2 nitrogen and oxygen atoms in total. The van der Waals surface area contributed by atoms with Crippen LogP contribution in [-0.2, 0) is 4.74 Å². The molecule has 0 radical (unpaired) electrons. The van der Waals surface area contributed by atoms with Crippen LogP contribution < -0.4 is 0 Å². The van der Waals surface area contributed by atoms with Crippen molar-refractivity contribution >= 4 is 28.9 Å². The molecule has 4 heteroatoms. The van der Waals surface area contributed by atoms with Crippen LogP contribution in [0.25, 0.3) is 0 Å². The Morgan fingerprint density at radius 1 is 1.75 bits per heavy atom. The van der Waals surface area contributed by atoms with E-state index in [-0.39, 0.29) is 5.97 Å². The third-order valence-electron chi connectivity index (χ3n) is 1.21. The number of hydrogen-bond acceptors (Lipinski definition) is 3. The van der Waals surface area contributed by atoms with Gasteiger partial charge in [0.1, 0.15) is 4.88 Å². The molecule has 66 valence electrons. The van der Waals surface area contributed by atoms with Gasteiger partial charge in [-0.25, -0.2) is 4.79 Å². The second kappa shape index (κ2) is 4.48. The number of esters is 1. The molecule has 0 saturated heterocycles. The zero-order valence-corrected chi connectivity index (χ0v) is 8.24. The van der Waals surface area contributed by atoms with Crippen LogP contribution >= 0.6 is 22.9 Å². The fourth-order valence-corrected chi connectivity index (χ4v) is 1.65. The van der Waals surface area contributed by atoms with Gasteiger partial charge in [0.25, 0.3) is 0 Å². The molecule has 12 heavy (non-hydrogen) atoms. The van der Waals surface area contributed by atoms with Crippen LogP contribution in [0.3, 0.4) is 0 Å². The molecule has 0 aliphatic carbocycles. The zero-order valence-electron chi connectivity index (χ0n) is 6.67. The second-order valence-corrected chi connectivity index (χ2v) is 3.61. The fourth-order valence-electron chi connectivity index (χ4n) is 0.686. The molecule has 0 aliphatic heterocycles. The minimum Gasteiger partial charge on any atom is -0.462 e. The first-order valence-electron chi connectivity index (χ1n) is 3.65. The van der Waals surface area contributed by atoms with E-state index in [1.54, 1.807) is 11.4 Å². The largest absolute Gasteiger partial charge is 0.462 e. The summed E-state index contributed by atoms with van der Waals surface area (Å²) < 4.78 is 4.90. The molecule has 0 aliphatic rings. The molecule has 1 rings (SSSR count). The molecule has 0 spiro atoms. The van der Waals surface area contributed by atoms with Crippen molar-refractivity contribution in [1.82, 2.24) is 0 Å². The van der Waals surface area contributed by atoms with Crippen molar-refractivity contribution in [2.24, 2.45) is 0 Å². The van der Waals surface area contributed by atoms with Crippen molar-refractivity contribution in [2.75, 3.05) is 6.61 Å². The molecule has 0 atom stereocenters. The minimum absolute atomic E-state index is 0.284. The first-order valence-corrected chi connectivity index (χ1v) is 4.91. The summed E-state index contributed by atoms with van der Waals surface area (Å²) in [7, 11) is 0. The predicted molar refractivity (Wildman–Crippen MR) is 49.9 cm³/mol. The highest BCUT2D eigenvalue weighted by molar-refractivity contribution is 7.12. The SMILES string of the molecule is CCCOC(=O)c1cc(Cl)cs1. The van der Waals surface area contributed by atoms with Crippen molar-refractivity contribution in [3.05, 3.63) is 21.3 Å². The zero-order chi connectivity index (χ0) is 8.97. The lowest BCUT2D eigenvalue weighted by molar-refractivity contribution is 0.0511. The van der Waals surface area contributed by atoms with Crippen molar-refractivity contribution < 1.29 is 9.53 Å². The van der Waals surface area contributed by atoms with Crippen molar-refractivity contribution in [1.29, 1.82) is 0 Å². The van der Waals surface area contributed by atoms with Crippen LogP contribution in [0.2, 0.25) is 5.02 Å². The van der Waals surface area contributed by atoms with Crippen LogP contribution in [0.5, 0.6) is 0 Å². The summed E-state index contributed by atoms with van der Waals surface area (Å²) in [4.78, 5) is 11.7. The minimum atomic E-state index is -0.284. The maximum Gasteiger partial charge on any atom is 0.348 e. The molecule has 0 aromatic carbocycles. The van der Waals surface area contributed by atoms with Gasteiger partial charge in [-0.3, -0.25) is 0 Å². The topological polar surface area (TPSA) is 26.3 Å². The Hall–Kier alpha value is -0.540. The van der Waals surface area contributed by atoms with Crippen LogP contribution in [0.4, 0.5) is 0 Å². The predicted octanol–water partition coefficient (Wildman–Crippen LogP) is 2.97. The van der Waals surface area contributed by atoms with Gasteiger partial charge in [0.05, 0.1) is 11.6 Å². The summed E-state index contributed by atoms with van der Waals surface area (Å²) in [5.74, 6) is -0.284. The van der Waals surface area contributed by atoms with Gasteiger partial charge in [-0.15, -0.1) is 11.3 Å². The van der Waals surface area contributed by atoms with Gasteiger partial charge in [0, 0.05) is 5.38 Å². The molecule has 1 aromatic heterocycles. The van der Waals surface area contributed by atoms with E-state index >= 15 is 0 Å². The second-order valence-electron chi connectivity index (χ2n) is 2.27. The average Bonchev–Trinajstić information content (AvgIpc) is 2.47. The van der Waals surface area contributed by atoms with E-state index in [0.717, 1.165) is 6.42 Å². The summed E-state index contributed by atoms with van der Waals surface area (Å²) in [6.45, 7) is 2.42. The first-order chi connectivity index (χ1) is 5.74. The maximum atomic E-state index is 11.1. The summed E-state index contributed by atoms with van der Waals surface area (Å²) in [5.41, 5.74) is 0. The highest BCUT2D eigenvalue weighted by Crippen LogP contribution is 2.19. The number of rotatable bonds is 3. The number of thiophene rings is 1. The molecule has 0 bridgehead atoms. The van der Waals surface area contributed by atoms with Crippen LogP contribution in [0, 0.1) is 0 Å². The molecule has 0 unspecified atom stereocenters. The smallest absolute Gasteiger partial charge is 0.348 e. The third kappa shape index (κ3) is 2.50. The molecule has 0 saturated carbocycles. The van der Waals surface area contributed by atoms with E-state index in [0.29, 0.717) is 16.5 Å². The van der Waals surface area contributed by atoms with Gasteiger partial charge < -0.3 is 4.74 Å². The monoisotopic (exact) mass is 204 g/mol. The van der Waals surface area contributed by atoms with Crippen LogP contribution in [0.15, 0.2) is 11.4 Å². The van der Waals surface area contributed by atoms with Crippen molar-refractivity contribution in [3.8, 4) is 0 Å². The van der Waals surface area contributed by atoms with Crippen LogP contribution in [-0.4, -0.2) is 12.6 Å². The molecule has 0 amide bonds. The van der Waals surface area contributed by atoms with Gasteiger partial charge in [0.2, 0.25) is 0 Å². The lowest BCUT2D eigenvalue weighted by atomic mass is 10.5. The molecule has 1 heterocycles. The Kier molecular flexibility index (Phi) is 3.56. The standard InChI is InChI=1S/C8H9ClO2S/c1-2-3-11-8(10)7-4-6(9)5-12-7/h4-5H,2-3H2,1H3. The number of hydrogen-bond donors (Lipinski definition) is 0. The molecule has 1 aromatic rings. The fraction of sp³-hybridized carbons (Fsp3) is 0.375. The maximum absolute atomic E-state index is 11.1. The van der Waals surface area contributed by atoms with Crippen molar-refractivity contribution in [2.45, 2.75) is 13.3 Å². The highest BCUT2D eigenvalue weighted by atomic mass is 35.5. The normalized spacial score (nSPS) is 9.83.